The van der Waals surface area contributed by atoms with Crippen LogP contribution in [0.25, 0.3) is 0 Å². The van der Waals surface area contributed by atoms with Gasteiger partial charge in [-0.2, -0.15) is 0 Å². The molecule has 6 heteroatoms. The second-order valence-corrected chi connectivity index (χ2v) is 3.58. The van der Waals surface area contributed by atoms with Gasteiger partial charge in [-0.05, 0) is 18.8 Å². The molecule has 76 valence electrons. The molecule has 2 N–H and O–H groups in total. The van der Waals surface area contributed by atoms with Gasteiger partial charge in [0.25, 0.3) is 5.91 Å². The Balaban J connectivity index is 2.07. The SMILES string of the molecule is O=C(O)CN1C(=O)N[C@@H](C2CC2)C1=O. The van der Waals surface area contributed by atoms with Crippen molar-refractivity contribution in [2.45, 2.75) is 18.9 Å². The monoisotopic (exact) mass is 198 g/mol. The number of nitrogens with one attached hydrogen (secondary N) is 1. The quantitative estimate of drug-likeness (QED) is 0.593. The van der Waals surface area contributed by atoms with Crippen LogP contribution in [0, 0.1) is 5.92 Å². The van der Waals surface area contributed by atoms with Crippen molar-refractivity contribution in [3.05, 3.63) is 0 Å². The Labute approximate surface area is 79.9 Å². The number of imide groups is 1. The lowest BCUT2D eigenvalue weighted by Crippen LogP contribution is -2.36. The summed E-state index contributed by atoms with van der Waals surface area (Å²) < 4.78 is 0. The van der Waals surface area contributed by atoms with E-state index in [1.165, 1.54) is 0 Å². The van der Waals surface area contributed by atoms with Crippen LogP contribution in [0.5, 0.6) is 0 Å². The molecule has 0 aromatic heterocycles. The zero-order chi connectivity index (χ0) is 10.3. The van der Waals surface area contributed by atoms with Crippen LogP contribution in [0.3, 0.4) is 0 Å². The van der Waals surface area contributed by atoms with Gasteiger partial charge in [0.05, 0.1) is 0 Å². The summed E-state index contributed by atoms with van der Waals surface area (Å²) in [6.45, 7) is -0.548. The highest BCUT2D eigenvalue weighted by Crippen LogP contribution is 2.35. The van der Waals surface area contributed by atoms with E-state index in [9.17, 15) is 14.4 Å². The van der Waals surface area contributed by atoms with E-state index in [-0.39, 0.29) is 5.92 Å². The van der Waals surface area contributed by atoms with Crippen molar-refractivity contribution >= 4 is 17.9 Å². The lowest BCUT2D eigenvalue weighted by atomic mass is 10.2. The van der Waals surface area contributed by atoms with E-state index < -0.39 is 30.5 Å². The highest BCUT2D eigenvalue weighted by atomic mass is 16.4. The van der Waals surface area contributed by atoms with Gasteiger partial charge in [-0.3, -0.25) is 14.5 Å². The fourth-order valence-corrected chi connectivity index (χ4v) is 1.57. The summed E-state index contributed by atoms with van der Waals surface area (Å²) in [5.41, 5.74) is 0. The van der Waals surface area contributed by atoms with Crippen LogP contribution in [0.4, 0.5) is 4.79 Å². The molecule has 1 saturated carbocycles. The molecule has 6 nitrogen and oxygen atoms in total. The number of aliphatic carboxylic acids is 1. The highest BCUT2D eigenvalue weighted by Gasteiger charge is 2.46. The molecule has 1 atom stereocenters. The number of carboxylic acid groups (broad SMARTS) is 1. The summed E-state index contributed by atoms with van der Waals surface area (Å²) in [5, 5.41) is 11.0. The van der Waals surface area contributed by atoms with Crippen LogP contribution in [0.1, 0.15) is 12.8 Å². The molecule has 2 aliphatic rings. The molecule has 0 aromatic carbocycles. The third kappa shape index (κ3) is 1.43. The molecule has 0 aromatic rings. The van der Waals surface area contributed by atoms with Crippen molar-refractivity contribution in [2.75, 3.05) is 6.54 Å². The van der Waals surface area contributed by atoms with E-state index in [0.29, 0.717) is 0 Å². The smallest absolute Gasteiger partial charge is 0.325 e. The molecule has 1 aliphatic heterocycles. The summed E-state index contributed by atoms with van der Waals surface area (Å²) in [4.78, 5) is 33.8. The van der Waals surface area contributed by atoms with Crippen LogP contribution in [0.15, 0.2) is 0 Å². The number of rotatable bonds is 3. The molecule has 3 amide bonds. The summed E-state index contributed by atoms with van der Waals surface area (Å²) in [6.07, 6.45) is 1.86. The average molecular weight is 198 g/mol. The summed E-state index contributed by atoms with van der Waals surface area (Å²) in [6, 6.07) is -1.07. The summed E-state index contributed by atoms with van der Waals surface area (Å²) in [5.74, 6) is -1.37. The largest absolute Gasteiger partial charge is 0.480 e. The Kier molecular flexibility index (Phi) is 1.90. The molecular weight excluding hydrogens is 188 g/mol. The van der Waals surface area contributed by atoms with Gasteiger partial charge < -0.3 is 10.4 Å². The van der Waals surface area contributed by atoms with Gasteiger partial charge in [-0.25, -0.2) is 4.79 Å². The van der Waals surface area contributed by atoms with E-state index in [2.05, 4.69) is 5.32 Å². The molecule has 14 heavy (non-hydrogen) atoms. The van der Waals surface area contributed by atoms with Gasteiger partial charge in [0.15, 0.2) is 0 Å². The second-order valence-electron chi connectivity index (χ2n) is 3.58. The molecular formula is C8H10N2O4. The van der Waals surface area contributed by atoms with Crippen LogP contribution in [-0.4, -0.2) is 40.5 Å². The fourth-order valence-electron chi connectivity index (χ4n) is 1.57. The minimum Gasteiger partial charge on any atom is -0.480 e. The molecule has 1 heterocycles. The van der Waals surface area contributed by atoms with Crippen molar-refractivity contribution in [1.29, 1.82) is 0 Å². The lowest BCUT2D eigenvalue weighted by molar-refractivity contribution is -0.141. The first kappa shape index (κ1) is 8.98. The maximum atomic E-state index is 11.5. The predicted octanol–water partition coefficient (Wildman–Crippen LogP) is -0.599. The number of carbonyl (C=O) groups excluding carboxylic acids is 2. The normalized spacial score (nSPS) is 26.6. The van der Waals surface area contributed by atoms with Gasteiger partial charge in [0.1, 0.15) is 12.6 Å². The highest BCUT2D eigenvalue weighted by molar-refractivity contribution is 6.06. The van der Waals surface area contributed by atoms with Gasteiger partial charge in [-0.15, -0.1) is 0 Å². The number of hydrogen-bond donors (Lipinski definition) is 2. The average Bonchev–Trinajstić information content (AvgIpc) is 2.88. The first-order valence-electron chi connectivity index (χ1n) is 4.43. The first-order valence-corrected chi connectivity index (χ1v) is 4.43. The van der Waals surface area contributed by atoms with Crippen molar-refractivity contribution in [2.24, 2.45) is 5.92 Å². The summed E-state index contributed by atoms with van der Waals surface area (Å²) in [7, 11) is 0. The van der Waals surface area contributed by atoms with Crippen molar-refractivity contribution < 1.29 is 19.5 Å². The Morgan fingerprint density at radius 1 is 1.50 bits per heavy atom. The molecule has 2 rings (SSSR count). The maximum Gasteiger partial charge on any atom is 0.325 e. The zero-order valence-electron chi connectivity index (χ0n) is 7.40. The molecule has 0 radical (unpaired) electrons. The van der Waals surface area contributed by atoms with E-state index in [4.69, 9.17) is 5.11 Å². The standard InChI is InChI=1S/C8H10N2O4/c11-5(12)3-10-7(13)6(4-1-2-4)9-8(10)14/h4,6H,1-3H2,(H,9,14)(H,11,12)/t6-/m0/s1. The van der Waals surface area contributed by atoms with E-state index >= 15 is 0 Å². The zero-order valence-corrected chi connectivity index (χ0v) is 7.40. The second kappa shape index (κ2) is 2.97. The van der Waals surface area contributed by atoms with Crippen LogP contribution >= 0.6 is 0 Å². The van der Waals surface area contributed by atoms with Crippen LogP contribution in [0.2, 0.25) is 0 Å². The number of hydrogen-bond acceptors (Lipinski definition) is 3. The van der Waals surface area contributed by atoms with Gasteiger partial charge in [0, 0.05) is 0 Å². The van der Waals surface area contributed by atoms with E-state index in [1.807, 2.05) is 0 Å². The molecule has 1 saturated heterocycles. The number of amides is 3. The maximum absolute atomic E-state index is 11.5. The number of urea groups is 1. The summed E-state index contributed by atoms with van der Waals surface area (Å²) >= 11 is 0. The molecule has 0 unspecified atom stereocenters. The molecule has 2 fully saturated rings. The van der Waals surface area contributed by atoms with Crippen LogP contribution < -0.4 is 5.32 Å². The predicted molar refractivity (Wildman–Crippen MR) is 44.4 cm³/mol. The van der Waals surface area contributed by atoms with E-state index in [1.54, 1.807) is 0 Å². The van der Waals surface area contributed by atoms with Crippen LogP contribution in [-0.2, 0) is 9.59 Å². The number of carboxylic acids is 1. The molecule has 1 aliphatic carbocycles. The lowest BCUT2D eigenvalue weighted by Gasteiger charge is -2.08. The third-order valence-electron chi connectivity index (χ3n) is 2.44. The third-order valence-corrected chi connectivity index (χ3v) is 2.44. The Hall–Kier alpha value is -1.59. The Bertz CT molecular complexity index is 310. The minimum absolute atomic E-state index is 0.213. The Morgan fingerprint density at radius 3 is 2.64 bits per heavy atom. The van der Waals surface area contributed by atoms with Crippen molar-refractivity contribution in [3.8, 4) is 0 Å². The fraction of sp³-hybridized carbons (Fsp3) is 0.625. The van der Waals surface area contributed by atoms with Crippen molar-refractivity contribution in [1.82, 2.24) is 10.2 Å². The molecule has 0 spiro atoms. The van der Waals surface area contributed by atoms with E-state index in [0.717, 1.165) is 17.7 Å². The van der Waals surface area contributed by atoms with Gasteiger partial charge >= 0.3 is 12.0 Å². The first-order chi connectivity index (χ1) is 6.59. The van der Waals surface area contributed by atoms with Crippen molar-refractivity contribution in [3.63, 3.8) is 0 Å². The number of nitrogens with zero attached hydrogens (tertiary/aromatic N) is 1. The van der Waals surface area contributed by atoms with Gasteiger partial charge in [0.2, 0.25) is 0 Å². The van der Waals surface area contributed by atoms with Gasteiger partial charge in [-0.1, -0.05) is 0 Å². The molecule has 0 bridgehead atoms. The number of carbonyl (C=O) groups is 3. The minimum atomic E-state index is -1.18. The Morgan fingerprint density at radius 2 is 2.14 bits per heavy atom. The topological polar surface area (TPSA) is 86.7 Å².